The molecule has 1 atom stereocenters. The number of hydrogen-bond donors (Lipinski definition) is 1. The van der Waals surface area contributed by atoms with E-state index in [9.17, 15) is 4.79 Å². The van der Waals surface area contributed by atoms with Crippen LogP contribution < -0.4 is 5.32 Å². The molecule has 9 heteroatoms. The molecule has 0 aromatic carbocycles. The van der Waals surface area contributed by atoms with E-state index >= 15 is 0 Å². The van der Waals surface area contributed by atoms with Crippen LogP contribution in [0.1, 0.15) is 17.7 Å². The lowest BCUT2D eigenvalue weighted by molar-refractivity contribution is -0.0975. The van der Waals surface area contributed by atoms with Crippen LogP contribution in [0.5, 0.6) is 0 Å². The molecule has 27 heavy (non-hydrogen) atoms. The predicted molar refractivity (Wildman–Crippen MR) is 99.0 cm³/mol. The zero-order valence-electron chi connectivity index (χ0n) is 15.2. The fourth-order valence-corrected chi connectivity index (χ4v) is 3.59. The second kappa shape index (κ2) is 7.46. The molecule has 2 aliphatic heterocycles. The maximum atomic E-state index is 12.7. The van der Waals surface area contributed by atoms with E-state index in [1.165, 1.54) is 0 Å². The van der Waals surface area contributed by atoms with Gasteiger partial charge >= 0.3 is 6.03 Å². The van der Waals surface area contributed by atoms with E-state index in [0.29, 0.717) is 50.3 Å². The van der Waals surface area contributed by atoms with E-state index in [-0.39, 0.29) is 11.6 Å². The van der Waals surface area contributed by atoms with E-state index in [0.717, 1.165) is 17.7 Å². The normalized spacial score (nSPS) is 22.4. The quantitative estimate of drug-likeness (QED) is 0.864. The topological polar surface area (TPSA) is 81.5 Å². The highest BCUT2D eigenvalue weighted by atomic mass is 35.5. The van der Waals surface area contributed by atoms with E-state index in [4.69, 9.17) is 21.1 Å². The zero-order chi connectivity index (χ0) is 18.9. The van der Waals surface area contributed by atoms with Crippen molar-refractivity contribution in [1.29, 1.82) is 0 Å². The standard InChI is InChI=1S/C18H22ClN5O3/c1-13-2-3-14(16(22-13)24-10-15(19)9-21-24)8-20-17(25)23-5-7-27-18(11-23)4-6-26-12-18/h2-3,9-10H,4-8,11-12H2,1H3,(H,20,25)/t18-/m1/s1. The van der Waals surface area contributed by atoms with Crippen molar-refractivity contribution in [1.82, 2.24) is 25.0 Å². The van der Waals surface area contributed by atoms with E-state index < -0.39 is 0 Å². The Hall–Kier alpha value is -2.16. The summed E-state index contributed by atoms with van der Waals surface area (Å²) in [6.07, 6.45) is 4.08. The van der Waals surface area contributed by atoms with Crippen molar-refractivity contribution in [3.05, 3.63) is 40.8 Å². The minimum atomic E-state index is -0.349. The number of aryl methyl sites for hydroxylation is 1. The molecule has 0 saturated carbocycles. The van der Waals surface area contributed by atoms with Crippen molar-refractivity contribution in [3.63, 3.8) is 0 Å². The van der Waals surface area contributed by atoms with Crippen molar-refractivity contribution in [2.24, 2.45) is 0 Å². The number of hydrogen-bond acceptors (Lipinski definition) is 5. The summed E-state index contributed by atoms with van der Waals surface area (Å²) in [5, 5.41) is 7.74. The summed E-state index contributed by atoms with van der Waals surface area (Å²) in [4.78, 5) is 19.0. The molecule has 1 N–H and O–H groups in total. The lowest BCUT2D eigenvalue weighted by atomic mass is 10.0. The molecule has 1 spiro atoms. The van der Waals surface area contributed by atoms with Crippen molar-refractivity contribution >= 4 is 17.6 Å². The van der Waals surface area contributed by atoms with Crippen LogP contribution in [-0.2, 0) is 16.0 Å². The Morgan fingerprint density at radius 2 is 2.30 bits per heavy atom. The monoisotopic (exact) mass is 391 g/mol. The fourth-order valence-electron chi connectivity index (χ4n) is 3.45. The maximum Gasteiger partial charge on any atom is 0.317 e. The Labute approximate surface area is 162 Å². The van der Waals surface area contributed by atoms with Gasteiger partial charge in [0.2, 0.25) is 0 Å². The number of carbonyl (C=O) groups excluding carboxylic acids is 1. The highest BCUT2D eigenvalue weighted by molar-refractivity contribution is 6.30. The minimum Gasteiger partial charge on any atom is -0.378 e. The molecule has 2 aromatic rings. The van der Waals surface area contributed by atoms with Crippen LogP contribution in [0, 0.1) is 6.92 Å². The summed E-state index contributed by atoms with van der Waals surface area (Å²) in [5.74, 6) is 0.657. The van der Waals surface area contributed by atoms with Gasteiger partial charge in [0, 0.05) is 37.4 Å². The number of morpholine rings is 1. The summed E-state index contributed by atoms with van der Waals surface area (Å²) >= 11 is 5.98. The molecule has 8 nitrogen and oxygen atoms in total. The second-order valence-electron chi connectivity index (χ2n) is 6.95. The number of urea groups is 1. The van der Waals surface area contributed by atoms with Crippen LogP contribution in [0.25, 0.3) is 5.82 Å². The number of nitrogens with zero attached hydrogens (tertiary/aromatic N) is 4. The molecule has 0 aliphatic carbocycles. The Kier molecular flexibility index (Phi) is 5.03. The Morgan fingerprint density at radius 3 is 3.04 bits per heavy atom. The van der Waals surface area contributed by atoms with Crippen LogP contribution in [0.2, 0.25) is 5.02 Å². The third-order valence-electron chi connectivity index (χ3n) is 4.90. The highest BCUT2D eigenvalue weighted by Crippen LogP contribution is 2.27. The molecular formula is C18H22ClN5O3. The molecule has 2 aliphatic rings. The molecule has 2 aromatic heterocycles. The Bertz CT molecular complexity index is 834. The Morgan fingerprint density at radius 1 is 1.41 bits per heavy atom. The summed E-state index contributed by atoms with van der Waals surface area (Å²) in [6.45, 7) is 5.13. The average Bonchev–Trinajstić information content (AvgIpc) is 3.29. The van der Waals surface area contributed by atoms with Gasteiger partial charge in [0.25, 0.3) is 0 Å². The fraction of sp³-hybridized carbons (Fsp3) is 0.500. The molecule has 4 rings (SSSR count). The summed E-state index contributed by atoms with van der Waals surface area (Å²) in [7, 11) is 0. The van der Waals surface area contributed by atoms with Gasteiger partial charge < -0.3 is 19.7 Å². The lowest BCUT2D eigenvalue weighted by Gasteiger charge is -2.39. The maximum absolute atomic E-state index is 12.7. The van der Waals surface area contributed by atoms with E-state index in [1.54, 1.807) is 22.0 Å². The molecule has 0 radical (unpaired) electrons. The predicted octanol–water partition coefficient (Wildman–Crippen LogP) is 1.93. The third-order valence-corrected chi connectivity index (χ3v) is 5.09. The number of ether oxygens (including phenoxy) is 2. The zero-order valence-corrected chi connectivity index (χ0v) is 15.9. The second-order valence-corrected chi connectivity index (χ2v) is 7.39. The van der Waals surface area contributed by atoms with E-state index in [1.807, 2.05) is 19.1 Å². The van der Waals surface area contributed by atoms with Gasteiger partial charge in [-0.05, 0) is 13.0 Å². The lowest BCUT2D eigenvalue weighted by Crippen LogP contribution is -2.56. The third kappa shape index (κ3) is 3.92. The number of pyridine rings is 1. The van der Waals surface area contributed by atoms with Crippen LogP contribution in [0.15, 0.2) is 24.5 Å². The molecule has 0 bridgehead atoms. The number of amides is 2. The molecule has 0 unspecified atom stereocenters. The van der Waals surface area contributed by atoms with Gasteiger partial charge in [-0.25, -0.2) is 14.5 Å². The number of aromatic nitrogens is 3. The van der Waals surface area contributed by atoms with Gasteiger partial charge in [0.1, 0.15) is 5.60 Å². The molecule has 4 heterocycles. The van der Waals surface area contributed by atoms with Crippen molar-refractivity contribution in [2.75, 3.05) is 32.9 Å². The van der Waals surface area contributed by atoms with Crippen molar-refractivity contribution in [2.45, 2.75) is 25.5 Å². The summed E-state index contributed by atoms with van der Waals surface area (Å²) in [6, 6.07) is 3.74. The first-order valence-electron chi connectivity index (χ1n) is 8.96. The molecule has 2 fully saturated rings. The van der Waals surface area contributed by atoms with Gasteiger partial charge in [-0.15, -0.1) is 0 Å². The van der Waals surface area contributed by atoms with Gasteiger partial charge in [0.15, 0.2) is 5.82 Å². The number of nitrogens with one attached hydrogen (secondary N) is 1. The number of carbonyl (C=O) groups is 1. The van der Waals surface area contributed by atoms with Gasteiger partial charge in [-0.1, -0.05) is 17.7 Å². The summed E-state index contributed by atoms with van der Waals surface area (Å²) < 4.78 is 13.0. The van der Waals surface area contributed by atoms with Crippen LogP contribution >= 0.6 is 11.6 Å². The van der Waals surface area contributed by atoms with Crippen molar-refractivity contribution in [3.8, 4) is 5.82 Å². The van der Waals surface area contributed by atoms with Gasteiger partial charge in [-0.2, -0.15) is 5.10 Å². The largest absolute Gasteiger partial charge is 0.378 e. The number of halogens is 1. The molecule has 2 amide bonds. The van der Waals surface area contributed by atoms with Gasteiger partial charge in [0.05, 0.1) is 37.2 Å². The average molecular weight is 392 g/mol. The first-order valence-corrected chi connectivity index (χ1v) is 9.34. The van der Waals surface area contributed by atoms with Crippen LogP contribution in [-0.4, -0.2) is 64.2 Å². The molecule has 2 saturated heterocycles. The highest BCUT2D eigenvalue weighted by Gasteiger charge is 2.41. The number of rotatable bonds is 3. The first kappa shape index (κ1) is 18.2. The Balaban J connectivity index is 1.45. The van der Waals surface area contributed by atoms with Crippen LogP contribution in [0.3, 0.4) is 0 Å². The molecular weight excluding hydrogens is 370 g/mol. The first-order chi connectivity index (χ1) is 13.0. The van der Waals surface area contributed by atoms with E-state index in [2.05, 4.69) is 15.4 Å². The SMILES string of the molecule is Cc1ccc(CNC(=O)N2CCO[C@]3(CCOC3)C2)c(-n2cc(Cl)cn2)n1. The van der Waals surface area contributed by atoms with Crippen molar-refractivity contribution < 1.29 is 14.3 Å². The van der Waals surface area contributed by atoms with Gasteiger partial charge in [-0.3, -0.25) is 0 Å². The summed E-state index contributed by atoms with van der Waals surface area (Å²) in [5.41, 5.74) is 1.38. The smallest absolute Gasteiger partial charge is 0.317 e. The molecule has 144 valence electrons. The van der Waals surface area contributed by atoms with Crippen LogP contribution in [0.4, 0.5) is 4.79 Å². The minimum absolute atomic E-state index is 0.116.